The van der Waals surface area contributed by atoms with Gasteiger partial charge in [0.25, 0.3) is 0 Å². The van der Waals surface area contributed by atoms with Gasteiger partial charge in [-0.05, 0) is 48.6 Å². The average Bonchev–Trinajstić information content (AvgIpc) is 2.59. The first kappa shape index (κ1) is 17.9. The van der Waals surface area contributed by atoms with Crippen molar-refractivity contribution in [2.45, 2.75) is 38.0 Å². The number of halogens is 4. The highest BCUT2D eigenvalue weighted by molar-refractivity contribution is 6.30. The first-order valence-corrected chi connectivity index (χ1v) is 8.54. The lowest BCUT2D eigenvalue weighted by Gasteiger charge is -2.36. The topological polar surface area (TPSA) is 9.23 Å². The van der Waals surface area contributed by atoms with E-state index < -0.39 is 11.8 Å². The maximum atomic E-state index is 13.6. The lowest BCUT2D eigenvalue weighted by molar-refractivity contribution is -0.230. The molecule has 0 spiro atoms. The molecular weight excluding hydrogens is 349 g/mol. The van der Waals surface area contributed by atoms with Gasteiger partial charge >= 0.3 is 6.18 Å². The summed E-state index contributed by atoms with van der Waals surface area (Å²) in [5.74, 6) is 0.280. The van der Waals surface area contributed by atoms with Gasteiger partial charge in [-0.1, -0.05) is 54.9 Å². The first-order chi connectivity index (χ1) is 11.8. The highest BCUT2D eigenvalue weighted by Gasteiger charge is 2.55. The Kier molecular flexibility index (Phi) is 4.83. The standard InChI is InChI=1S/C20H18ClF3O/c1-2-19(20(22,23)24)11-10-16-13-17(21)12-15(18(16)25-19)9-8-14-6-4-3-5-7-14/h3-7,10-13H,2,8-9H2,1H3. The van der Waals surface area contributed by atoms with Gasteiger partial charge in [-0.25, -0.2) is 0 Å². The second-order valence-electron chi connectivity index (χ2n) is 6.15. The number of benzene rings is 2. The summed E-state index contributed by atoms with van der Waals surface area (Å²) in [7, 11) is 0. The molecule has 3 rings (SSSR count). The van der Waals surface area contributed by atoms with Crippen LogP contribution in [0.2, 0.25) is 5.02 Å². The Hall–Kier alpha value is -1.94. The highest BCUT2D eigenvalue weighted by Crippen LogP contribution is 2.45. The molecular formula is C20H18ClF3O. The van der Waals surface area contributed by atoms with Gasteiger partial charge in [0.05, 0.1) is 0 Å². The Morgan fingerprint density at radius 2 is 1.80 bits per heavy atom. The molecule has 0 saturated heterocycles. The van der Waals surface area contributed by atoms with E-state index in [1.807, 2.05) is 30.3 Å². The second kappa shape index (κ2) is 6.75. The molecule has 0 amide bonds. The molecule has 132 valence electrons. The Bertz CT molecular complexity index is 784. The van der Waals surface area contributed by atoms with Gasteiger partial charge in [0.1, 0.15) is 5.75 Å². The molecule has 0 saturated carbocycles. The fourth-order valence-electron chi connectivity index (χ4n) is 3.01. The molecule has 0 fully saturated rings. The van der Waals surface area contributed by atoms with Crippen LogP contribution in [0.1, 0.15) is 30.0 Å². The van der Waals surface area contributed by atoms with Crippen molar-refractivity contribution < 1.29 is 17.9 Å². The minimum atomic E-state index is -4.48. The van der Waals surface area contributed by atoms with Crippen LogP contribution in [0.15, 0.2) is 48.5 Å². The second-order valence-corrected chi connectivity index (χ2v) is 6.58. The van der Waals surface area contributed by atoms with Crippen molar-refractivity contribution in [3.8, 4) is 5.75 Å². The van der Waals surface area contributed by atoms with Crippen LogP contribution in [0.3, 0.4) is 0 Å². The third-order valence-corrected chi connectivity index (χ3v) is 4.72. The summed E-state index contributed by atoms with van der Waals surface area (Å²) >= 11 is 6.15. The van der Waals surface area contributed by atoms with Crippen LogP contribution in [-0.4, -0.2) is 11.8 Å². The molecule has 0 radical (unpaired) electrons. The van der Waals surface area contributed by atoms with Crippen LogP contribution in [0, 0.1) is 0 Å². The van der Waals surface area contributed by atoms with Crippen LogP contribution >= 0.6 is 11.6 Å². The zero-order valence-electron chi connectivity index (χ0n) is 13.7. The molecule has 0 N–H and O–H groups in total. The van der Waals surface area contributed by atoms with Crippen molar-refractivity contribution in [1.82, 2.24) is 0 Å². The summed E-state index contributed by atoms with van der Waals surface area (Å²) in [5.41, 5.74) is 0.108. The van der Waals surface area contributed by atoms with Crippen molar-refractivity contribution >= 4 is 17.7 Å². The van der Waals surface area contributed by atoms with E-state index in [1.165, 1.54) is 13.0 Å². The van der Waals surface area contributed by atoms with Crippen LogP contribution in [-0.2, 0) is 12.8 Å². The van der Waals surface area contributed by atoms with Gasteiger partial charge in [0.15, 0.2) is 0 Å². The van der Waals surface area contributed by atoms with E-state index in [4.69, 9.17) is 16.3 Å². The number of hydrogen-bond acceptors (Lipinski definition) is 1. The fraction of sp³-hybridized carbons (Fsp3) is 0.300. The van der Waals surface area contributed by atoms with Crippen molar-refractivity contribution in [3.05, 3.63) is 70.3 Å². The average molecular weight is 367 g/mol. The summed E-state index contributed by atoms with van der Waals surface area (Å²) in [6.45, 7) is 1.47. The van der Waals surface area contributed by atoms with Crippen LogP contribution in [0.4, 0.5) is 13.2 Å². The molecule has 5 heteroatoms. The number of ether oxygens (including phenoxy) is 1. The zero-order chi connectivity index (χ0) is 18.1. The first-order valence-electron chi connectivity index (χ1n) is 8.16. The molecule has 1 heterocycles. The van der Waals surface area contributed by atoms with E-state index in [0.29, 0.717) is 29.0 Å². The molecule has 2 aromatic rings. The van der Waals surface area contributed by atoms with Gasteiger partial charge in [-0.2, -0.15) is 13.2 Å². The van der Waals surface area contributed by atoms with Crippen molar-refractivity contribution in [3.63, 3.8) is 0 Å². The van der Waals surface area contributed by atoms with E-state index in [0.717, 1.165) is 11.6 Å². The normalized spacial score (nSPS) is 19.4. The largest absolute Gasteiger partial charge is 0.473 e. The van der Waals surface area contributed by atoms with Crippen molar-refractivity contribution in [2.24, 2.45) is 0 Å². The van der Waals surface area contributed by atoms with E-state index in [2.05, 4.69) is 0 Å². The van der Waals surface area contributed by atoms with E-state index >= 15 is 0 Å². The Labute approximate surface area is 150 Å². The van der Waals surface area contributed by atoms with E-state index in [1.54, 1.807) is 12.1 Å². The quantitative estimate of drug-likeness (QED) is 0.622. The predicted molar refractivity (Wildman–Crippen MR) is 94.0 cm³/mol. The van der Waals surface area contributed by atoms with Crippen LogP contribution in [0.5, 0.6) is 5.75 Å². The monoisotopic (exact) mass is 366 g/mol. The third-order valence-electron chi connectivity index (χ3n) is 4.51. The lowest BCUT2D eigenvalue weighted by atomic mass is 9.92. The zero-order valence-corrected chi connectivity index (χ0v) is 14.5. The summed E-state index contributed by atoms with van der Waals surface area (Å²) < 4.78 is 46.2. The van der Waals surface area contributed by atoms with Crippen LogP contribution in [0.25, 0.3) is 6.08 Å². The van der Waals surface area contributed by atoms with E-state index in [9.17, 15) is 13.2 Å². The smallest absolute Gasteiger partial charge is 0.432 e. The molecule has 2 aromatic carbocycles. The summed E-state index contributed by atoms with van der Waals surface area (Å²) in [6.07, 6.45) is -0.857. The Balaban J connectivity index is 1.95. The summed E-state index contributed by atoms with van der Waals surface area (Å²) in [6, 6.07) is 13.1. The molecule has 25 heavy (non-hydrogen) atoms. The molecule has 1 aliphatic rings. The molecule has 1 nitrogen and oxygen atoms in total. The number of rotatable bonds is 4. The number of alkyl halides is 3. The number of fused-ring (bicyclic) bond motifs is 1. The highest BCUT2D eigenvalue weighted by atomic mass is 35.5. The molecule has 0 aliphatic carbocycles. The third kappa shape index (κ3) is 3.54. The van der Waals surface area contributed by atoms with Crippen molar-refractivity contribution in [2.75, 3.05) is 0 Å². The molecule has 1 aliphatic heterocycles. The SMILES string of the molecule is CCC1(C(F)(F)F)C=Cc2cc(Cl)cc(CCc3ccccc3)c2O1. The maximum absolute atomic E-state index is 13.6. The Morgan fingerprint density at radius 3 is 2.44 bits per heavy atom. The number of hydrogen-bond donors (Lipinski definition) is 0. The predicted octanol–water partition coefficient (Wildman–Crippen LogP) is 6.24. The van der Waals surface area contributed by atoms with Gasteiger partial charge in [0.2, 0.25) is 5.60 Å². The number of aryl methyl sites for hydroxylation is 2. The van der Waals surface area contributed by atoms with Gasteiger partial charge in [-0.15, -0.1) is 0 Å². The fourth-order valence-corrected chi connectivity index (χ4v) is 3.26. The summed E-state index contributed by atoms with van der Waals surface area (Å²) in [4.78, 5) is 0. The minimum absolute atomic E-state index is 0.187. The van der Waals surface area contributed by atoms with E-state index in [-0.39, 0.29) is 12.2 Å². The van der Waals surface area contributed by atoms with Gasteiger partial charge in [-0.3, -0.25) is 0 Å². The minimum Gasteiger partial charge on any atom is -0.473 e. The van der Waals surface area contributed by atoms with Crippen molar-refractivity contribution in [1.29, 1.82) is 0 Å². The van der Waals surface area contributed by atoms with Crippen LogP contribution < -0.4 is 4.74 Å². The van der Waals surface area contributed by atoms with Gasteiger partial charge in [0, 0.05) is 10.6 Å². The molecule has 0 bridgehead atoms. The molecule has 0 aromatic heterocycles. The molecule has 1 atom stereocenters. The maximum Gasteiger partial charge on any atom is 0.432 e. The summed E-state index contributed by atoms with van der Waals surface area (Å²) in [5, 5.41) is 0.492. The van der Waals surface area contributed by atoms with Gasteiger partial charge < -0.3 is 4.74 Å². The Morgan fingerprint density at radius 1 is 1.08 bits per heavy atom. The molecule has 1 unspecified atom stereocenters. The lowest BCUT2D eigenvalue weighted by Crippen LogP contribution is -2.49.